The fourth-order valence-corrected chi connectivity index (χ4v) is 1.94. The molecule has 0 aliphatic carbocycles. The van der Waals surface area contributed by atoms with Crippen LogP contribution in [-0.4, -0.2) is 28.5 Å². The van der Waals surface area contributed by atoms with Gasteiger partial charge in [-0.2, -0.15) is 0 Å². The Morgan fingerprint density at radius 3 is 3.00 bits per heavy atom. The van der Waals surface area contributed by atoms with E-state index in [4.69, 9.17) is 4.74 Å². The van der Waals surface area contributed by atoms with E-state index >= 15 is 0 Å². The van der Waals surface area contributed by atoms with Crippen LogP contribution in [0.25, 0.3) is 0 Å². The van der Waals surface area contributed by atoms with E-state index in [1.165, 1.54) is 18.6 Å². The van der Waals surface area contributed by atoms with Crippen LogP contribution < -0.4 is 10.1 Å². The SMILES string of the molecule is C[C@H](CNC(=O)c1cnccn1)Oc1cccc(Br)c1. The van der Waals surface area contributed by atoms with Gasteiger partial charge in [-0.1, -0.05) is 22.0 Å². The van der Waals surface area contributed by atoms with Crippen LogP contribution in [-0.2, 0) is 0 Å². The third-order valence-corrected chi connectivity index (χ3v) is 2.97. The molecular weight excluding hydrogens is 322 g/mol. The molecule has 2 aromatic rings. The van der Waals surface area contributed by atoms with Gasteiger partial charge in [0.25, 0.3) is 5.91 Å². The monoisotopic (exact) mass is 335 g/mol. The number of nitrogens with one attached hydrogen (secondary N) is 1. The van der Waals surface area contributed by atoms with Gasteiger partial charge >= 0.3 is 0 Å². The smallest absolute Gasteiger partial charge is 0.271 e. The van der Waals surface area contributed by atoms with Crippen LogP contribution in [0.4, 0.5) is 0 Å². The molecule has 0 saturated carbocycles. The standard InChI is InChI=1S/C14H14BrN3O2/c1-10(20-12-4-2-3-11(15)7-12)8-18-14(19)13-9-16-5-6-17-13/h2-7,9-10H,8H2,1H3,(H,18,19)/t10-/m1/s1. The zero-order valence-electron chi connectivity index (χ0n) is 10.9. The number of carbonyl (C=O) groups excluding carboxylic acids is 1. The molecule has 0 unspecified atom stereocenters. The van der Waals surface area contributed by atoms with Crippen LogP contribution in [0.2, 0.25) is 0 Å². The van der Waals surface area contributed by atoms with Gasteiger partial charge in [0, 0.05) is 16.9 Å². The second-order valence-electron chi connectivity index (χ2n) is 4.19. The number of hydrogen-bond acceptors (Lipinski definition) is 4. The number of halogens is 1. The Bertz CT molecular complexity index is 578. The molecule has 104 valence electrons. The van der Waals surface area contributed by atoms with Crippen molar-refractivity contribution in [2.75, 3.05) is 6.54 Å². The molecule has 5 nitrogen and oxygen atoms in total. The summed E-state index contributed by atoms with van der Waals surface area (Å²) in [5.74, 6) is 0.489. The predicted octanol–water partition coefficient (Wildman–Crippen LogP) is 2.44. The van der Waals surface area contributed by atoms with E-state index < -0.39 is 0 Å². The van der Waals surface area contributed by atoms with Crippen molar-refractivity contribution in [1.82, 2.24) is 15.3 Å². The number of rotatable bonds is 5. The predicted molar refractivity (Wildman–Crippen MR) is 78.6 cm³/mol. The van der Waals surface area contributed by atoms with Gasteiger partial charge < -0.3 is 10.1 Å². The first-order valence-electron chi connectivity index (χ1n) is 6.11. The first-order chi connectivity index (χ1) is 9.65. The lowest BCUT2D eigenvalue weighted by molar-refractivity contribution is 0.0927. The second kappa shape index (κ2) is 7.00. The average molecular weight is 336 g/mol. The quantitative estimate of drug-likeness (QED) is 0.911. The molecule has 2 rings (SSSR count). The van der Waals surface area contributed by atoms with Gasteiger partial charge in [-0.15, -0.1) is 0 Å². The van der Waals surface area contributed by atoms with Gasteiger partial charge in [-0.3, -0.25) is 9.78 Å². The molecule has 20 heavy (non-hydrogen) atoms. The summed E-state index contributed by atoms with van der Waals surface area (Å²) in [5.41, 5.74) is 0.294. The number of aromatic nitrogens is 2. The maximum atomic E-state index is 11.8. The molecule has 0 spiro atoms. The highest BCUT2D eigenvalue weighted by molar-refractivity contribution is 9.10. The minimum absolute atomic E-state index is 0.148. The van der Waals surface area contributed by atoms with E-state index in [1.807, 2.05) is 31.2 Å². The summed E-state index contributed by atoms with van der Waals surface area (Å²) in [7, 11) is 0. The second-order valence-corrected chi connectivity index (χ2v) is 5.10. The van der Waals surface area contributed by atoms with Crippen molar-refractivity contribution >= 4 is 21.8 Å². The minimum atomic E-state index is -0.261. The minimum Gasteiger partial charge on any atom is -0.489 e. The molecule has 1 amide bonds. The lowest BCUT2D eigenvalue weighted by Crippen LogP contribution is -2.34. The third kappa shape index (κ3) is 4.31. The van der Waals surface area contributed by atoms with Crippen molar-refractivity contribution in [3.05, 3.63) is 53.0 Å². The van der Waals surface area contributed by atoms with E-state index in [0.717, 1.165) is 10.2 Å². The Morgan fingerprint density at radius 2 is 2.30 bits per heavy atom. The number of hydrogen-bond donors (Lipinski definition) is 1. The molecule has 0 fully saturated rings. The number of carbonyl (C=O) groups is 1. The first-order valence-corrected chi connectivity index (χ1v) is 6.91. The Hall–Kier alpha value is -1.95. The third-order valence-electron chi connectivity index (χ3n) is 2.48. The highest BCUT2D eigenvalue weighted by atomic mass is 79.9. The maximum Gasteiger partial charge on any atom is 0.271 e. The zero-order valence-corrected chi connectivity index (χ0v) is 12.5. The number of ether oxygens (including phenoxy) is 1. The Kier molecular flexibility index (Phi) is 5.06. The molecule has 0 aliphatic rings. The van der Waals surface area contributed by atoms with Crippen LogP contribution in [0, 0.1) is 0 Å². The largest absolute Gasteiger partial charge is 0.489 e. The molecule has 0 saturated heterocycles. The fraction of sp³-hybridized carbons (Fsp3) is 0.214. The first kappa shape index (κ1) is 14.5. The molecule has 6 heteroatoms. The van der Waals surface area contributed by atoms with Crippen LogP contribution in [0.1, 0.15) is 17.4 Å². The summed E-state index contributed by atoms with van der Waals surface area (Å²) in [6.45, 7) is 2.28. The van der Waals surface area contributed by atoms with Crippen LogP contribution >= 0.6 is 15.9 Å². The van der Waals surface area contributed by atoms with Crippen molar-refractivity contribution < 1.29 is 9.53 Å². The number of benzene rings is 1. The van der Waals surface area contributed by atoms with Gasteiger partial charge in [0.2, 0.25) is 0 Å². The molecule has 1 aromatic carbocycles. The number of amides is 1. The molecule has 1 aromatic heterocycles. The van der Waals surface area contributed by atoms with Crippen LogP contribution in [0.15, 0.2) is 47.3 Å². The summed E-state index contributed by atoms with van der Waals surface area (Å²) < 4.78 is 6.65. The van der Waals surface area contributed by atoms with Gasteiger partial charge in [0.1, 0.15) is 17.5 Å². The lowest BCUT2D eigenvalue weighted by Gasteiger charge is -2.15. The van der Waals surface area contributed by atoms with Crippen molar-refractivity contribution in [2.45, 2.75) is 13.0 Å². The van der Waals surface area contributed by atoms with E-state index in [2.05, 4.69) is 31.2 Å². The normalized spacial score (nSPS) is 11.7. The van der Waals surface area contributed by atoms with E-state index in [9.17, 15) is 4.79 Å². The van der Waals surface area contributed by atoms with Crippen molar-refractivity contribution in [1.29, 1.82) is 0 Å². The lowest BCUT2D eigenvalue weighted by atomic mass is 10.3. The summed E-state index contributed by atoms with van der Waals surface area (Å²) in [6, 6.07) is 7.56. The summed E-state index contributed by atoms with van der Waals surface area (Å²) in [4.78, 5) is 19.6. The molecule has 0 aliphatic heterocycles. The average Bonchev–Trinajstić information content (AvgIpc) is 2.46. The fourth-order valence-electron chi connectivity index (χ4n) is 1.56. The molecule has 1 N–H and O–H groups in total. The van der Waals surface area contributed by atoms with Gasteiger partial charge in [0.15, 0.2) is 0 Å². The Morgan fingerprint density at radius 1 is 1.45 bits per heavy atom. The van der Waals surface area contributed by atoms with Gasteiger partial charge in [-0.25, -0.2) is 4.98 Å². The molecule has 0 bridgehead atoms. The van der Waals surface area contributed by atoms with Gasteiger partial charge in [0.05, 0.1) is 12.7 Å². The summed E-state index contributed by atoms with van der Waals surface area (Å²) in [5, 5.41) is 2.76. The van der Waals surface area contributed by atoms with Crippen LogP contribution in [0.3, 0.4) is 0 Å². The Balaban J connectivity index is 1.83. The Labute approximate surface area is 125 Å². The van der Waals surface area contributed by atoms with E-state index in [1.54, 1.807) is 0 Å². The van der Waals surface area contributed by atoms with Crippen molar-refractivity contribution in [2.24, 2.45) is 0 Å². The molecule has 0 radical (unpaired) electrons. The van der Waals surface area contributed by atoms with Crippen molar-refractivity contribution in [3.8, 4) is 5.75 Å². The summed E-state index contributed by atoms with van der Waals surface area (Å²) >= 11 is 3.38. The topological polar surface area (TPSA) is 64.1 Å². The maximum absolute atomic E-state index is 11.8. The molecule has 1 heterocycles. The zero-order chi connectivity index (χ0) is 14.4. The highest BCUT2D eigenvalue weighted by Crippen LogP contribution is 2.18. The summed E-state index contributed by atoms with van der Waals surface area (Å²) in [6.07, 6.45) is 4.28. The van der Waals surface area contributed by atoms with Gasteiger partial charge in [-0.05, 0) is 25.1 Å². The number of nitrogens with zero attached hydrogens (tertiary/aromatic N) is 2. The van der Waals surface area contributed by atoms with Crippen molar-refractivity contribution in [3.63, 3.8) is 0 Å². The molecule has 1 atom stereocenters. The van der Waals surface area contributed by atoms with E-state index in [0.29, 0.717) is 12.2 Å². The molecular formula is C14H14BrN3O2. The van der Waals surface area contributed by atoms with E-state index in [-0.39, 0.29) is 12.0 Å². The van der Waals surface area contributed by atoms with Crippen LogP contribution in [0.5, 0.6) is 5.75 Å². The highest BCUT2D eigenvalue weighted by Gasteiger charge is 2.10.